The Balaban J connectivity index is 1.42. The second-order valence-corrected chi connectivity index (χ2v) is 6.80. The van der Waals surface area contributed by atoms with Crippen molar-refractivity contribution >= 4 is 28.5 Å². The first kappa shape index (κ1) is 16.9. The molecule has 0 unspecified atom stereocenters. The SMILES string of the molecule is O=C(c1cc2ccccc2o1)N1CC[C@@H](Oc2ccc(Cl)cc2)[C@H](O)C1. The lowest BCUT2D eigenvalue weighted by atomic mass is 10.0. The van der Waals surface area contributed by atoms with Gasteiger partial charge >= 0.3 is 0 Å². The third-order valence-electron chi connectivity index (χ3n) is 4.54. The fourth-order valence-electron chi connectivity index (χ4n) is 3.16. The van der Waals surface area contributed by atoms with Crippen LogP contribution >= 0.6 is 11.6 Å². The molecular formula is C20H18ClNO4. The predicted molar refractivity (Wildman–Crippen MR) is 98.6 cm³/mol. The Kier molecular flexibility index (Phi) is 4.57. The van der Waals surface area contributed by atoms with Crippen LogP contribution < -0.4 is 4.74 Å². The van der Waals surface area contributed by atoms with Crippen LogP contribution in [0.4, 0.5) is 0 Å². The van der Waals surface area contributed by atoms with Gasteiger partial charge in [-0.25, -0.2) is 0 Å². The Morgan fingerprint density at radius 3 is 2.69 bits per heavy atom. The van der Waals surface area contributed by atoms with Gasteiger partial charge in [0.25, 0.3) is 5.91 Å². The minimum atomic E-state index is -0.771. The molecule has 0 radical (unpaired) electrons. The molecule has 5 nitrogen and oxygen atoms in total. The zero-order valence-electron chi connectivity index (χ0n) is 14.0. The molecule has 1 aromatic heterocycles. The minimum Gasteiger partial charge on any atom is -0.488 e. The number of aliphatic hydroxyl groups excluding tert-OH is 1. The van der Waals surface area contributed by atoms with Gasteiger partial charge in [-0.05, 0) is 36.4 Å². The van der Waals surface area contributed by atoms with Crippen LogP contribution in [0.1, 0.15) is 17.0 Å². The van der Waals surface area contributed by atoms with Gasteiger partial charge in [-0.15, -0.1) is 0 Å². The Bertz CT molecular complexity index is 888. The number of amides is 1. The van der Waals surface area contributed by atoms with E-state index >= 15 is 0 Å². The van der Waals surface area contributed by atoms with Gasteiger partial charge < -0.3 is 19.2 Å². The zero-order chi connectivity index (χ0) is 18.1. The van der Waals surface area contributed by atoms with Gasteiger partial charge in [-0.2, -0.15) is 0 Å². The molecule has 6 heteroatoms. The number of fused-ring (bicyclic) bond motifs is 1. The zero-order valence-corrected chi connectivity index (χ0v) is 14.7. The number of β-amino-alcohol motifs (C(OH)–C–C–N with tert-alkyl or cyclic N) is 1. The number of carbonyl (C=O) groups is 1. The lowest BCUT2D eigenvalue weighted by molar-refractivity contribution is -0.0206. The molecule has 2 atom stereocenters. The highest BCUT2D eigenvalue weighted by molar-refractivity contribution is 6.30. The molecule has 4 rings (SSSR count). The first-order valence-electron chi connectivity index (χ1n) is 8.48. The van der Waals surface area contributed by atoms with Crippen LogP contribution in [0.3, 0.4) is 0 Å². The van der Waals surface area contributed by atoms with Crippen LogP contribution in [-0.2, 0) is 0 Å². The number of piperidine rings is 1. The van der Waals surface area contributed by atoms with E-state index in [1.165, 1.54) is 0 Å². The highest BCUT2D eigenvalue weighted by Gasteiger charge is 2.33. The third-order valence-corrected chi connectivity index (χ3v) is 4.80. The van der Waals surface area contributed by atoms with Gasteiger partial charge in [0.15, 0.2) is 5.76 Å². The fraction of sp³-hybridized carbons (Fsp3) is 0.250. The number of aliphatic hydroxyl groups is 1. The number of rotatable bonds is 3. The Morgan fingerprint density at radius 1 is 1.19 bits per heavy atom. The van der Waals surface area contributed by atoms with Gasteiger partial charge in [0.1, 0.15) is 23.5 Å². The van der Waals surface area contributed by atoms with Gasteiger partial charge in [-0.3, -0.25) is 4.79 Å². The molecule has 2 heterocycles. The van der Waals surface area contributed by atoms with Crippen molar-refractivity contribution in [1.29, 1.82) is 0 Å². The molecule has 0 spiro atoms. The molecule has 1 aliphatic rings. The first-order chi connectivity index (χ1) is 12.6. The smallest absolute Gasteiger partial charge is 0.289 e. The summed E-state index contributed by atoms with van der Waals surface area (Å²) in [7, 11) is 0. The number of benzene rings is 2. The van der Waals surface area contributed by atoms with E-state index in [2.05, 4.69) is 0 Å². The number of para-hydroxylation sites is 1. The van der Waals surface area contributed by atoms with E-state index in [9.17, 15) is 9.90 Å². The number of furan rings is 1. The number of ether oxygens (including phenoxy) is 1. The minimum absolute atomic E-state index is 0.203. The van der Waals surface area contributed by atoms with Crippen LogP contribution in [0.15, 0.2) is 59.0 Å². The highest BCUT2D eigenvalue weighted by Crippen LogP contribution is 2.24. The molecule has 26 heavy (non-hydrogen) atoms. The molecule has 3 aromatic rings. The molecule has 0 bridgehead atoms. The van der Waals surface area contributed by atoms with Crippen molar-refractivity contribution in [3.05, 3.63) is 65.4 Å². The van der Waals surface area contributed by atoms with E-state index in [-0.39, 0.29) is 24.3 Å². The average Bonchev–Trinajstić information content (AvgIpc) is 3.08. The van der Waals surface area contributed by atoms with Crippen LogP contribution in [0, 0.1) is 0 Å². The maximum Gasteiger partial charge on any atom is 0.289 e. The standard InChI is InChI=1S/C20H18ClNO4/c21-14-5-7-15(8-6-14)25-18-9-10-22(12-16(18)23)20(24)19-11-13-3-1-2-4-17(13)26-19/h1-8,11,16,18,23H,9-10,12H2/t16-,18-/m1/s1. The van der Waals surface area contributed by atoms with E-state index in [1.807, 2.05) is 24.3 Å². The van der Waals surface area contributed by atoms with Gasteiger partial charge in [-0.1, -0.05) is 29.8 Å². The Morgan fingerprint density at radius 2 is 1.96 bits per heavy atom. The summed E-state index contributed by atoms with van der Waals surface area (Å²) in [6.07, 6.45) is -0.598. The summed E-state index contributed by atoms with van der Waals surface area (Å²) < 4.78 is 11.5. The monoisotopic (exact) mass is 371 g/mol. The quantitative estimate of drug-likeness (QED) is 0.761. The normalized spacial score (nSPS) is 20.3. The lowest BCUT2D eigenvalue weighted by Gasteiger charge is -2.35. The molecule has 0 saturated carbocycles. The molecule has 134 valence electrons. The summed E-state index contributed by atoms with van der Waals surface area (Å²) >= 11 is 5.87. The number of hydrogen-bond acceptors (Lipinski definition) is 4. The van der Waals surface area contributed by atoms with Crippen LogP contribution in [-0.4, -0.2) is 41.2 Å². The Labute approximate surface area is 155 Å². The number of hydrogen-bond donors (Lipinski definition) is 1. The molecule has 1 N–H and O–H groups in total. The van der Waals surface area contributed by atoms with Crippen molar-refractivity contribution in [3.63, 3.8) is 0 Å². The molecular weight excluding hydrogens is 354 g/mol. The van der Waals surface area contributed by atoms with Crippen molar-refractivity contribution in [2.45, 2.75) is 18.6 Å². The van der Waals surface area contributed by atoms with E-state index in [0.717, 1.165) is 5.39 Å². The fourth-order valence-corrected chi connectivity index (χ4v) is 3.29. The van der Waals surface area contributed by atoms with Crippen LogP contribution in [0.2, 0.25) is 5.02 Å². The summed E-state index contributed by atoms with van der Waals surface area (Å²) in [5.74, 6) is 0.719. The van der Waals surface area contributed by atoms with Crippen molar-refractivity contribution in [2.75, 3.05) is 13.1 Å². The molecule has 1 aliphatic heterocycles. The van der Waals surface area contributed by atoms with E-state index < -0.39 is 6.10 Å². The second-order valence-electron chi connectivity index (χ2n) is 6.37. The predicted octanol–water partition coefficient (Wildman–Crippen LogP) is 3.74. The first-order valence-corrected chi connectivity index (χ1v) is 8.86. The topological polar surface area (TPSA) is 62.9 Å². The summed E-state index contributed by atoms with van der Waals surface area (Å²) in [5, 5.41) is 11.9. The van der Waals surface area contributed by atoms with Crippen LogP contribution in [0.5, 0.6) is 5.75 Å². The number of halogens is 1. The largest absolute Gasteiger partial charge is 0.488 e. The summed E-state index contributed by atoms with van der Waals surface area (Å²) in [6, 6.07) is 16.2. The maximum atomic E-state index is 12.7. The maximum absolute atomic E-state index is 12.7. The van der Waals surface area contributed by atoms with Gasteiger partial charge in [0.05, 0.1) is 6.54 Å². The van der Waals surface area contributed by atoms with Crippen molar-refractivity contribution < 1.29 is 19.1 Å². The molecule has 2 aromatic carbocycles. The molecule has 1 fully saturated rings. The average molecular weight is 372 g/mol. The lowest BCUT2D eigenvalue weighted by Crippen LogP contribution is -2.50. The van der Waals surface area contributed by atoms with Crippen LogP contribution in [0.25, 0.3) is 11.0 Å². The third kappa shape index (κ3) is 3.41. The summed E-state index contributed by atoms with van der Waals surface area (Å²) in [5.41, 5.74) is 0.678. The van der Waals surface area contributed by atoms with Gasteiger partial charge in [0, 0.05) is 23.4 Å². The highest BCUT2D eigenvalue weighted by atomic mass is 35.5. The Hall–Kier alpha value is -2.50. The molecule has 0 aliphatic carbocycles. The van der Waals surface area contributed by atoms with E-state index in [1.54, 1.807) is 35.2 Å². The molecule has 1 amide bonds. The number of nitrogens with zero attached hydrogens (tertiary/aromatic N) is 1. The molecule has 1 saturated heterocycles. The van der Waals surface area contributed by atoms with Crippen molar-refractivity contribution in [2.24, 2.45) is 0 Å². The van der Waals surface area contributed by atoms with E-state index in [4.69, 9.17) is 20.8 Å². The summed E-state index contributed by atoms with van der Waals surface area (Å²) in [4.78, 5) is 14.3. The van der Waals surface area contributed by atoms with Crippen molar-refractivity contribution in [3.8, 4) is 5.75 Å². The van der Waals surface area contributed by atoms with E-state index in [0.29, 0.717) is 29.3 Å². The number of likely N-dealkylation sites (tertiary alicyclic amines) is 1. The number of carbonyl (C=O) groups excluding carboxylic acids is 1. The second kappa shape index (κ2) is 7.02. The van der Waals surface area contributed by atoms with Crippen molar-refractivity contribution in [1.82, 2.24) is 4.90 Å². The van der Waals surface area contributed by atoms with Gasteiger partial charge in [0.2, 0.25) is 0 Å². The summed E-state index contributed by atoms with van der Waals surface area (Å²) in [6.45, 7) is 0.694.